The SMILES string of the molecule is Cc1cc(S(=O)(=O)NCCNc2nccnc2C#N)c(C)s1. The Balaban J connectivity index is 1.94. The number of thiophene rings is 1. The van der Waals surface area contributed by atoms with Gasteiger partial charge in [0.2, 0.25) is 10.0 Å². The van der Waals surface area contributed by atoms with Crippen LogP contribution >= 0.6 is 11.3 Å². The van der Waals surface area contributed by atoms with Crippen LogP contribution in [0.15, 0.2) is 23.4 Å². The van der Waals surface area contributed by atoms with Crippen molar-refractivity contribution in [1.29, 1.82) is 5.26 Å². The lowest BCUT2D eigenvalue weighted by Crippen LogP contribution is -2.29. The maximum Gasteiger partial charge on any atom is 0.241 e. The fourth-order valence-electron chi connectivity index (χ4n) is 1.87. The summed E-state index contributed by atoms with van der Waals surface area (Å²) >= 11 is 1.45. The average Bonchev–Trinajstić information content (AvgIpc) is 2.83. The number of hydrogen-bond acceptors (Lipinski definition) is 7. The molecule has 0 saturated heterocycles. The summed E-state index contributed by atoms with van der Waals surface area (Å²) < 4.78 is 26.9. The van der Waals surface area contributed by atoms with Gasteiger partial charge in [-0.25, -0.2) is 23.1 Å². The Morgan fingerprint density at radius 3 is 2.64 bits per heavy atom. The van der Waals surface area contributed by atoms with E-state index in [2.05, 4.69) is 20.0 Å². The molecule has 2 rings (SSSR count). The minimum atomic E-state index is -3.52. The van der Waals surface area contributed by atoms with Crippen molar-refractivity contribution in [2.24, 2.45) is 0 Å². The highest BCUT2D eigenvalue weighted by molar-refractivity contribution is 7.89. The summed E-state index contributed by atoms with van der Waals surface area (Å²) in [5.41, 5.74) is 0.176. The van der Waals surface area contributed by atoms with Crippen LogP contribution in [0.1, 0.15) is 15.4 Å². The largest absolute Gasteiger partial charge is 0.366 e. The number of hydrogen-bond donors (Lipinski definition) is 2. The number of aromatic nitrogens is 2. The van der Waals surface area contributed by atoms with Crippen molar-refractivity contribution in [2.75, 3.05) is 18.4 Å². The summed E-state index contributed by atoms with van der Waals surface area (Å²) in [5, 5.41) is 11.8. The van der Waals surface area contributed by atoms with Gasteiger partial charge in [-0.15, -0.1) is 11.3 Å². The summed E-state index contributed by atoms with van der Waals surface area (Å²) in [4.78, 5) is 9.88. The van der Waals surface area contributed by atoms with Gasteiger partial charge in [0, 0.05) is 35.2 Å². The molecule has 0 amide bonds. The van der Waals surface area contributed by atoms with E-state index in [0.29, 0.717) is 17.3 Å². The van der Waals surface area contributed by atoms with E-state index in [1.165, 1.54) is 23.7 Å². The molecule has 2 N–H and O–H groups in total. The predicted molar refractivity (Wildman–Crippen MR) is 84.2 cm³/mol. The van der Waals surface area contributed by atoms with Crippen LogP contribution in [0.25, 0.3) is 0 Å². The topological polar surface area (TPSA) is 108 Å². The first kappa shape index (κ1) is 16.4. The number of aryl methyl sites for hydroxylation is 2. The van der Waals surface area contributed by atoms with E-state index in [0.717, 1.165) is 9.75 Å². The molecular weight excluding hydrogens is 322 g/mol. The van der Waals surface area contributed by atoms with Crippen LogP contribution in [-0.4, -0.2) is 31.5 Å². The van der Waals surface area contributed by atoms with Gasteiger partial charge in [0.1, 0.15) is 6.07 Å². The number of sulfonamides is 1. The van der Waals surface area contributed by atoms with Crippen molar-refractivity contribution in [1.82, 2.24) is 14.7 Å². The molecule has 0 atom stereocenters. The highest BCUT2D eigenvalue weighted by Crippen LogP contribution is 2.24. The molecule has 2 aromatic rings. The van der Waals surface area contributed by atoms with Crippen molar-refractivity contribution < 1.29 is 8.42 Å². The van der Waals surface area contributed by atoms with E-state index in [-0.39, 0.29) is 12.2 Å². The van der Waals surface area contributed by atoms with E-state index in [1.807, 2.05) is 13.0 Å². The zero-order chi connectivity index (χ0) is 16.2. The third-order valence-corrected chi connectivity index (χ3v) is 5.48. The van der Waals surface area contributed by atoms with Crippen LogP contribution in [0.4, 0.5) is 5.82 Å². The maximum atomic E-state index is 12.2. The van der Waals surface area contributed by atoms with Gasteiger partial charge in [-0.05, 0) is 19.9 Å². The fourth-order valence-corrected chi connectivity index (χ4v) is 4.45. The smallest absolute Gasteiger partial charge is 0.241 e. The number of rotatable bonds is 6. The van der Waals surface area contributed by atoms with Crippen LogP contribution in [-0.2, 0) is 10.0 Å². The molecule has 0 aromatic carbocycles. The lowest BCUT2D eigenvalue weighted by atomic mass is 10.4. The molecule has 0 saturated carbocycles. The second-order valence-electron chi connectivity index (χ2n) is 4.47. The highest BCUT2D eigenvalue weighted by Gasteiger charge is 2.18. The lowest BCUT2D eigenvalue weighted by Gasteiger charge is -2.08. The molecule has 0 radical (unpaired) electrons. The van der Waals surface area contributed by atoms with Gasteiger partial charge in [0.25, 0.3) is 0 Å². The second kappa shape index (κ2) is 6.83. The molecule has 2 heterocycles. The number of nitriles is 1. The summed E-state index contributed by atoms with van der Waals surface area (Å²) in [6, 6.07) is 3.57. The maximum absolute atomic E-state index is 12.2. The molecule has 9 heteroatoms. The van der Waals surface area contributed by atoms with Crippen molar-refractivity contribution in [3.8, 4) is 6.07 Å². The summed E-state index contributed by atoms with van der Waals surface area (Å²) in [7, 11) is -3.52. The monoisotopic (exact) mass is 337 g/mol. The normalized spacial score (nSPS) is 11.1. The van der Waals surface area contributed by atoms with E-state index in [9.17, 15) is 8.42 Å². The Kier molecular flexibility index (Phi) is 5.07. The zero-order valence-electron chi connectivity index (χ0n) is 12.1. The predicted octanol–water partition coefficient (Wildman–Crippen LogP) is 1.42. The third kappa shape index (κ3) is 3.79. The Morgan fingerprint density at radius 2 is 2.00 bits per heavy atom. The molecule has 22 heavy (non-hydrogen) atoms. The number of nitrogens with one attached hydrogen (secondary N) is 2. The van der Waals surface area contributed by atoms with Crippen LogP contribution in [0, 0.1) is 25.2 Å². The van der Waals surface area contributed by atoms with Gasteiger partial charge in [-0.1, -0.05) is 0 Å². The molecule has 0 aliphatic heterocycles. The highest BCUT2D eigenvalue weighted by atomic mass is 32.2. The van der Waals surface area contributed by atoms with Crippen LogP contribution in [0.2, 0.25) is 0 Å². The lowest BCUT2D eigenvalue weighted by molar-refractivity contribution is 0.582. The van der Waals surface area contributed by atoms with Gasteiger partial charge in [-0.3, -0.25) is 0 Å². The summed E-state index contributed by atoms with van der Waals surface area (Å²) in [6.07, 6.45) is 2.89. The van der Waals surface area contributed by atoms with Crippen molar-refractivity contribution in [3.05, 3.63) is 33.9 Å². The molecule has 0 spiro atoms. The zero-order valence-corrected chi connectivity index (χ0v) is 13.8. The van der Waals surface area contributed by atoms with Crippen molar-refractivity contribution in [2.45, 2.75) is 18.7 Å². The van der Waals surface area contributed by atoms with Crippen LogP contribution < -0.4 is 10.0 Å². The molecular formula is C13H15N5O2S2. The van der Waals surface area contributed by atoms with Crippen LogP contribution in [0.5, 0.6) is 0 Å². The van der Waals surface area contributed by atoms with Crippen LogP contribution in [0.3, 0.4) is 0 Å². The molecule has 0 fully saturated rings. The Labute approximate surface area is 133 Å². The molecule has 7 nitrogen and oxygen atoms in total. The van der Waals surface area contributed by atoms with E-state index >= 15 is 0 Å². The number of nitrogens with zero attached hydrogens (tertiary/aromatic N) is 3. The summed E-state index contributed by atoms with van der Waals surface area (Å²) in [6.45, 7) is 4.13. The van der Waals surface area contributed by atoms with Crippen molar-refractivity contribution >= 4 is 27.2 Å². The van der Waals surface area contributed by atoms with Gasteiger partial charge < -0.3 is 5.32 Å². The Bertz CT molecular complexity index is 808. The molecule has 0 unspecified atom stereocenters. The Morgan fingerprint density at radius 1 is 1.27 bits per heavy atom. The molecule has 0 bridgehead atoms. The average molecular weight is 337 g/mol. The third-order valence-electron chi connectivity index (χ3n) is 2.80. The number of anilines is 1. The van der Waals surface area contributed by atoms with E-state index in [1.54, 1.807) is 13.0 Å². The second-order valence-corrected chi connectivity index (χ2v) is 7.66. The summed E-state index contributed by atoms with van der Waals surface area (Å²) in [5.74, 6) is 0.340. The van der Waals surface area contributed by atoms with Crippen molar-refractivity contribution in [3.63, 3.8) is 0 Å². The molecule has 0 aliphatic carbocycles. The first-order chi connectivity index (χ1) is 10.4. The standard InChI is InChI=1S/C13H15N5O2S2/c1-9-7-12(10(2)21-9)22(19,20)18-6-5-17-13-11(8-14)15-3-4-16-13/h3-4,7,18H,5-6H2,1-2H3,(H,16,17). The van der Waals surface area contributed by atoms with E-state index in [4.69, 9.17) is 5.26 Å². The molecule has 2 aromatic heterocycles. The quantitative estimate of drug-likeness (QED) is 0.772. The van der Waals surface area contributed by atoms with Gasteiger partial charge in [0.15, 0.2) is 11.5 Å². The van der Waals surface area contributed by atoms with Gasteiger partial charge >= 0.3 is 0 Å². The first-order valence-corrected chi connectivity index (χ1v) is 8.75. The van der Waals surface area contributed by atoms with E-state index < -0.39 is 10.0 Å². The minimum absolute atomic E-state index is 0.176. The Hall–Kier alpha value is -2.02. The van der Waals surface area contributed by atoms with Gasteiger partial charge in [0.05, 0.1) is 4.90 Å². The first-order valence-electron chi connectivity index (χ1n) is 6.45. The fraction of sp³-hybridized carbons (Fsp3) is 0.308. The molecule has 0 aliphatic rings. The minimum Gasteiger partial charge on any atom is -0.366 e. The molecule has 116 valence electrons. The van der Waals surface area contributed by atoms with Gasteiger partial charge in [-0.2, -0.15) is 5.26 Å².